The third-order valence-corrected chi connectivity index (χ3v) is 5.68. The Morgan fingerprint density at radius 3 is 2.87 bits per heavy atom. The number of hydrogen-bond acceptors (Lipinski definition) is 5. The number of carbonyl (C=O) groups is 1. The van der Waals surface area contributed by atoms with Crippen LogP contribution >= 0.6 is 0 Å². The molecule has 2 heterocycles. The van der Waals surface area contributed by atoms with Gasteiger partial charge in [-0.2, -0.15) is 0 Å². The molecule has 1 fully saturated rings. The summed E-state index contributed by atoms with van der Waals surface area (Å²) in [6.07, 6.45) is 3.85. The molecule has 1 aliphatic rings. The van der Waals surface area contributed by atoms with E-state index in [9.17, 15) is 4.79 Å². The van der Waals surface area contributed by atoms with Crippen LogP contribution in [-0.2, 0) is 17.9 Å². The SMILES string of the molecule is COc1ccc(CNC(=O)CCC2CCCN(Cc3cccc(C)n3)C2)c(OC)c1. The molecule has 30 heavy (non-hydrogen) atoms. The van der Waals surface area contributed by atoms with Crippen LogP contribution in [0.4, 0.5) is 0 Å². The number of nitrogens with zero attached hydrogens (tertiary/aromatic N) is 2. The monoisotopic (exact) mass is 411 g/mol. The van der Waals surface area contributed by atoms with Gasteiger partial charge in [0.05, 0.1) is 19.9 Å². The fraction of sp³-hybridized carbons (Fsp3) is 0.500. The van der Waals surface area contributed by atoms with Gasteiger partial charge in [-0.1, -0.05) is 6.07 Å². The Morgan fingerprint density at radius 2 is 2.10 bits per heavy atom. The summed E-state index contributed by atoms with van der Waals surface area (Å²) in [6, 6.07) is 11.8. The fourth-order valence-electron chi connectivity index (χ4n) is 4.06. The van der Waals surface area contributed by atoms with E-state index >= 15 is 0 Å². The number of piperidine rings is 1. The molecule has 1 atom stereocenters. The van der Waals surface area contributed by atoms with Crippen molar-refractivity contribution in [3.05, 3.63) is 53.3 Å². The number of pyridine rings is 1. The van der Waals surface area contributed by atoms with Gasteiger partial charge in [-0.25, -0.2) is 0 Å². The summed E-state index contributed by atoms with van der Waals surface area (Å²) >= 11 is 0. The molecule has 0 saturated carbocycles. The number of carbonyl (C=O) groups excluding carboxylic acids is 1. The molecule has 0 radical (unpaired) electrons. The highest BCUT2D eigenvalue weighted by molar-refractivity contribution is 5.75. The van der Waals surface area contributed by atoms with Gasteiger partial charge in [-0.3, -0.25) is 14.7 Å². The highest BCUT2D eigenvalue weighted by Gasteiger charge is 2.21. The number of nitrogens with one attached hydrogen (secondary N) is 1. The quantitative estimate of drug-likeness (QED) is 0.681. The summed E-state index contributed by atoms with van der Waals surface area (Å²) in [5.41, 5.74) is 3.13. The van der Waals surface area contributed by atoms with Crippen LogP contribution in [0, 0.1) is 12.8 Å². The first kappa shape index (κ1) is 22.1. The van der Waals surface area contributed by atoms with E-state index in [1.807, 2.05) is 31.2 Å². The number of ether oxygens (including phenoxy) is 2. The maximum Gasteiger partial charge on any atom is 0.220 e. The second kappa shape index (κ2) is 11.0. The lowest BCUT2D eigenvalue weighted by Gasteiger charge is -2.32. The molecular formula is C24H33N3O3. The van der Waals surface area contributed by atoms with Crippen molar-refractivity contribution in [2.45, 2.75) is 45.7 Å². The van der Waals surface area contributed by atoms with Gasteiger partial charge < -0.3 is 14.8 Å². The predicted octanol–water partition coefficient (Wildman–Crippen LogP) is 3.72. The number of methoxy groups -OCH3 is 2. The van der Waals surface area contributed by atoms with Gasteiger partial charge >= 0.3 is 0 Å². The van der Waals surface area contributed by atoms with Crippen LogP contribution in [0.3, 0.4) is 0 Å². The predicted molar refractivity (Wildman–Crippen MR) is 118 cm³/mol. The summed E-state index contributed by atoms with van der Waals surface area (Å²) in [6.45, 7) is 5.52. The molecular weight excluding hydrogens is 378 g/mol. The van der Waals surface area contributed by atoms with E-state index in [0.717, 1.165) is 54.5 Å². The minimum atomic E-state index is 0.0883. The van der Waals surface area contributed by atoms with Gasteiger partial charge in [0.25, 0.3) is 0 Å². The highest BCUT2D eigenvalue weighted by Crippen LogP contribution is 2.25. The van der Waals surface area contributed by atoms with E-state index in [-0.39, 0.29) is 5.91 Å². The minimum absolute atomic E-state index is 0.0883. The first-order valence-corrected chi connectivity index (χ1v) is 10.7. The lowest BCUT2D eigenvalue weighted by Crippen LogP contribution is -2.35. The van der Waals surface area contributed by atoms with Crippen molar-refractivity contribution < 1.29 is 14.3 Å². The van der Waals surface area contributed by atoms with Gasteiger partial charge in [0.1, 0.15) is 11.5 Å². The fourth-order valence-corrected chi connectivity index (χ4v) is 4.06. The van der Waals surface area contributed by atoms with Crippen LogP contribution in [0.2, 0.25) is 0 Å². The number of likely N-dealkylation sites (tertiary alicyclic amines) is 1. The topological polar surface area (TPSA) is 63.7 Å². The molecule has 1 N–H and O–H groups in total. The average molecular weight is 412 g/mol. The second-order valence-corrected chi connectivity index (χ2v) is 8.01. The van der Waals surface area contributed by atoms with Gasteiger partial charge in [-0.05, 0) is 62.9 Å². The van der Waals surface area contributed by atoms with E-state index < -0.39 is 0 Å². The number of aryl methyl sites for hydroxylation is 1. The molecule has 1 amide bonds. The van der Waals surface area contributed by atoms with Crippen LogP contribution in [0.5, 0.6) is 11.5 Å². The van der Waals surface area contributed by atoms with Crippen molar-refractivity contribution >= 4 is 5.91 Å². The Bertz CT molecular complexity index is 840. The lowest BCUT2D eigenvalue weighted by molar-refractivity contribution is -0.121. The highest BCUT2D eigenvalue weighted by atomic mass is 16.5. The zero-order valence-corrected chi connectivity index (χ0v) is 18.3. The van der Waals surface area contributed by atoms with Crippen LogP contribution in [0.1, 0.15) is 42.6 Å². The lowest BCUT2D eigenvalue weighted by atomic mass is 9.93. The van der Waals surface area contributed by atoms with Crippen molar-refractivity contribution in [1.29, 1.82) is 0 Å². The first-order chi connectivity index (χ1) is 14.6. The van der Waals surface area contributed by atoms with Crippen LogP contribution < -0.4 is 14.8 Å². The van der Waals surface area contributed by atoms with E-state index in [1.54, 1.807) is 14.2 Å². The van der Waals surface area contributed by atoms with Gasteiger partial charge in [0, 0.05) is 43.4 Å². The molecule has 0 bridgehead atoms. The Hall–Kier alpha value is -2.60. The Kier molecular flexibility index (Phi) is 8.08. The van der Waals surface area contributed by atoms with E-state index in [0.29, 0.717) is 18.9 Å². The maximum atomic E-state index is 12.4. The zero-order valence-electron chi connectivity index (χ0n) is 18.3. The molecule has 0 spiro atoms. The Labute approximate surface area is 179 Å². The van der Waals surface area contributed by atoms with Crippen molar-refractivity contribution in [3.63, 3.8) is 0 Å². The van der Waals surface area contributed by atoms with Gasteiger partial charge in [-0.15, -0.1) is 0 Å². The van der Waals surface area contributed by atoms with Crippen molar-refractivity contribution in [3.8, 4) is 11.5 Å². The number of benzene rings is 1. The third kappa shape index (κ3) is 6.46. The molecule has 1 aromatic carbocycles. The summed E-state index contributed by atoms with van der Waals surface area (Å²) in [7, 11) is 3.25. The van der Waals surface area contributed by atoms with E-state index in [4.69, 9.17) is 9.47 Å². The number of rotatable bonds is 9. The zero-order chi connectivity index (χ0) is 21.3. The molecule has 2 aromatic rings. The molecule has 1 saturated heterocycles. The van der Waals surface area contributed by atoms with Crippen molar-refractivity contribution in [2.75, 3.05) is 27.3 Å². The largest absolute Gasteiger partial charge is 0.497 e. The van der Waals surface area contributed by atoms with E-state index in [1.165, 1.54) is 12.8 Å². The summed E-state index contributed by atoms with van der Waals surface area (Å²) < 4.78 is 10.6. The third-order valence-electron chi connectivity index (χ3n) is 5.68. The molecule has 162 valence electrons. The standard InChI is InChI=1S/C24H33N3O3/c1-18-6-4-8-21(26-18)17-27-13-5-7-19(16-27)9-12-24(28)25-15-20-10-11-22(29-2)14-23(20)30-3/h4,6,8,10-11,14,19H,5,7,9,12-13,15-17H2,1-3H3,(H,25,28). The normalized spacial score (nSPS) is 16.8. The molecule has 1 aromatic heterocycles. The van der Waals surface area contributed by atoms with E-state index in [2.05, 4.69) is 27.3 Å². The molecule has 1 unspecified atom stereocenters. The van der Waals surface area contributed by atoms with Crippen LogP contribution in [0.15, 0.2) is 36.4 Å². The van der Waals surface area contributed by atoms with Gasteiger partial charge in [0.2, 0.25) is 5.91 Å². The molecule has 6 nitrogen and oxygen atoms in total. The van der Waals surface area contributed by atoms with Crippen molar-refractivity contribution in [1.82, 2.24) is 15.2 Å². The maximum absolute atomic E-state index is 12.4. The first-order valence-electron chi connectivity index (χ1n) is 10.7. The van der Waals surface area contributed by atoms with Crippen LogP contribution in [0.25, 0.3) is 0 Å². The molecule has 6 heteroatoms. The molecule has 1 aliphatic heterocycles. The average Bonchev–Trinajstić information content (AvgIpc) is 2.76. The molecule has 0 aliphatic carbocycles. The number of amides is 1. The summed E-state index contributed by atoms with van der Waals surface area (Å²) in [4.78, 5) is 19.5. The van der Waals surface area contributed by atoms with Gasteiger partial charge in [0.15, 0.2) is 0 Å². The number of aromatic nitrogens is 1. The number of hydrogen-bond donors (Lipinski definition) is 1. The smallest absolute Gasteiger partial charge is 0.220 e. The van der Waals surface area contributed by atoms with Crippen LogP contribution in [-0.4, -0.2) is 43.1 Å². The minimum Gasteiger partial charge on any atom is -0.497 e. The Morgan fingerprint density at radius 1 is 1.23 bits per heavy atom. The molecule has 3 rings (SSSR count). The summed E-state index contributed by atoms with van der Waals surface area (Å²) in [5, 5.41) is 3.02. The summed E-state index contributed by atoms with van der Waals surface area (Å²) in [5.74, 6) is 2.11. The Balaban J connectivity index is 1.43. The van der Waals surface area contributed by atoms with Crippen molar-refractivity contribution in [2.24, 2.45) is 5.92 Å². The second-order valence-electron chi connectivity index (χ2n) is 8.01.